The Balaban J connectivity index is 2.75. The van der Waals surface area contributed by atoms with Crippen LogP contribution in [0.3, 0.4) is 0 Å². The van der Waals surface area contributed by atoms with Crippen LogP contribution in [-0.4, -0.2) is 28.8 Å². The molecule has 5 nitrogen and oxygen atoms in total. The molecule has 2 N–H and O–H groups in total. The number of alkyl carbamates (subject to hydrolysis) is 1. The lowest BCUT2D eigenvalue weighted by molar-refractivity contribution is -0.131. The lowest BCUT2D eigenvalue weighted by atomic mass is 10.1. The maximum absolute atomic E-state index is 11.9. The fourth-order valence-corrected chi connectivity index (χ4v) is 1.83. The predicted molar refractivity (Wildman–Crippen MR) is 89.2 cm³/mol. The summed E-state index contributed by atoms with van der Waals surface area (Å²) in [6.07, 6.45) is 5.85. The van der Waals surface area contributed by atoms with Gasteiger partial charge in [-0.1, -0.05) is 48.6 Å². The van der Waals surface area contributed by atoms with E-state index in [0.29, 0.717) is 6.42 Å². The molecular formula is C18H23NO4. The molecule has 23 heavy (non-hydrogen) atoms. The molecule has 1 aromatic carbocycles. The third-order valence-electron chi connectivity index (χ3n) is 2.69. The van der Waals surface area contributed by atoms with Crippen LogP contribution in [-0.2, 0) is 16.0 Å². The summed E-state index contributed by atoms with van der Waals surface area (Å²) in [6, 6.07) is 9.40. The van der Waals surface area contributed by atoms with Gasteiger partial charge in [-0.2, -0.15) is 0 Å². The number of hydrogen-bond acceptors (Lipinski definition) is 3. The molecule has 124 valence electrons. The first kappa shape index (κ1) is 18.5. The second-order valence-corrected chi connectivity index (χ2v) is 6.02. The van der Waals surface area contributed by atoms with Gasteiger partial charge in [-0.25, -0.2) is 9.59 Å². The molecule has 1 rings (SSSR count). The highest BCUT2D eigenvalue weighted by molar-refractivity contribution is 5.80. The minimum atomic E-state index is -1.02. The van der Waals surface area contributed by atoms with Crippen molar-refractivity contribution in [2.24, 2.45) is 0 Å². The van der Waals surface area contributed by atoms with Gasteiger partial charge in [0.2, 0.25) is 0 Å². The van der Waals surface area contributed by atoms with Crippen LogP contribution < -0.4 is 5.32 Å². The van der Waals surface area contributed by atoms with Gasteiger partial charge in [0.25, 0.3) is 0 Å². The Morgan fingerprint density at radius 1 is 1.22 bits per heavy atom. The summed E-state index contributed by atoms with van der Waals surface area (Å²) in [5.74, 6) is -1.02. The summed E-state index contributed by atoms with van der Waals surface area (Å²) in [6.45, 7) is 5.39. The highest BCUT2D eigenvalue weighted by Gasteiger charge is 2.18. The first-order chi connectivity index (χ1) is 10.8. The van der Waals surface area contributed by atoms with Gasteiger partial charge in [-0.05, 0) is 32.8 Å². The summed E-state index contributed by atoms with van der Waals surface area (Å²) >= 11 is 0. The third kappa shape index (κ3) is 9.14. The van der Waals surface area contributed by atoms with Crippen LogP contribution in [0, 0.1) is 0 Å². The standard InChI is InChI=1S/C18H23NO4/c1-18(2,3)23-17(22)19-15(11-7-8-12-16(20)21)13-14-9-5-4-6-10-14/h4-12,15H,13H2,1-3H3,(H,19,22)(H,20,21). The second-order valence-electron chi connectivity index (χ2n) is 6.02. The van der Waals surface area contributed by atoms with E-state index in [1.807, 2.05) is 30.3 Å². The molecule has 0 heterocycles. The van der Waals surface area contributed by atoms with Crippen LogP contribution in [0.15, 0.2) is 54.6 Å². The molecule has 0 aliphatic rings. The molecule has 0 aliphatic heterocycles. The molecule has 0 aromatic heterocycles. The van der Waals surface area contributed by atoms with Crippen molar-refractivity contribution in [2.45, 2.75) is 38.8 Å². The zero-order valence-electron chi connectivity index (χ0n) is 13.7. The Kier molecular flexibility index (Phi) is 7.06. The number of carboxylic acid groups (broad SMARTS) is 1. The SMILES string of the molecule is CC(C)(C)OC(=O)NC(C=CC=CC(=O)O)Cc1ccccc1. The zero-order chi connectivity index (χ0) is 17.3. The summed E-state index contributed by atoms with van der Waals surface area (Å²) in [5.41, 5.74) is 0.481. The molecule has 1 unspecified atom stereocenters. The second kappa shape index (κ2) is 8.78. The molecule has 0 bridgehead atoms. The Bertz CT molecular complexity index is 570. The van der Waals surface area contributed by atoms with E-state index in [2.05, 4.69) is 5.32 Å². The summed E-state index contributed by atoms with van der Waals surface area (Å²) < 4.78 is 5.25. The molecule has 1 aromatic rings. The number of aliphatic carboxylic acids is 1. The molecule has 0 fully saturated rings. The lowest BCUT2D eigenvalue weighted by Crippen LogP contribution is -2.39. The quantitative estimate of drug-likeness (QED) is 0.623. The van der Waals surface area contributed by atoms with Crippen LogP contribution in [0.4, 0.5) is 4.79 Å². The number of benzene rings is 1. The summed E-state index contributed by atoms with van der Waals surface area (Å²) in [7, 11) is 0. The number of ether oxygens (including phenoxy) is 1. The van der Waals surface area contributed by atoms with E-state index in [1.54, 1.807) is 32.9 Å². The number of nitrogens with one attached hydrogen (secondary N) is 1. The van der Waals surface area contributed by atoms with Gasteiger partial charge < -0.3 is 15.2 Å². The average molecular weight is 317 g/mol. The lowest BCUT2D eigenvalue weighted by Gasteiger charge is -2.22. The van der Waals surface area contributed by atoms with Gasteiger partial charge in [0, 0.05) is 6.08 Å². The van der Waals surface area contributed by atoms with Crippen LogP contribution in [0.5, 0.6) is 0 Å². The van der Waals surface area contributed by atoms with Crippen molar-refractivity contribution in [2.75, 3.05) is 0 Å². The van der Waals surface area contributed by atoms with Crippen molar-refractivity contribution < 1.29 is 19.4 Å². The minimum Gasteiger partial charge on any atom is -0.478 e. The molecule has 5 heteroatoms. The van der Waals surface area contributed by atoms with Gasteiger partial charge in [0.1, 0.15) is 5.60 Å². The van der Waals surface area contributed by atoms with Crippen molar-refractivity contribution in [3.05, 3.63) is 60.2 Å². The van der Waals surface area contributed by atoms with Crippen LogP contribution >= 0.6 is 0 Å². The molecule has 1 amide bonds. The predicted octanol–water partition coefficient (Wildman–Crippen LogP) is 3.32. The van der Waals surface area contributed by atoms with E-state index in [9.17, 15) is 9.59 Å². The molecular weight excluding hydrogens is 294 g/mol. The maximum Gasteiger partial charge on any atom is 0.408 e. The van der Waals surface area contributed by atoms with Crippen molar-refractivity contribution >= 4 is 12.1 Å². The van der Waals surface area contributed by atoms with Crippen molar-refractivity contribution in [3.8, 4) is 0 Å². The Morgan fingerprint density at radius 3 is 2.43 bits per heavy atom. The van der Waals surface area contributed by atoms with Gasteiger partial charge in [0.05, 0.1) is 6.04 Å². The first-order valence-corrected chi connectivity index (χ1v) is 7.37. The summed E-state index contributed by atoms with van der Waals surface area (Å²) in [5, 5.41) is 11.4. The van der Waals surface area contributed by atoms with E-state index in [-0.39, 0.29) is 6.04 Å². The van der Waals surface area contributed by atoms with E-state index >= 15 is 0 Å². The third-order valence-corrected chi connectivity index (χ3v) is 2.69. The van der Waals surface area contributed by atoms with E-state index in [1.165, 1.54) is 6.08 Å². The molecule has 0 aliphatic carbocycles. The maximum atomic E-state index is 11.9. The van der Waals surface area contributed by atoms with Gasteiger partial charge in [-0.15, -0.1) is 0 Å². The number of rotatable bonds is 6. The fourth-order valence-electron chi connectivity index (χ4n) is 1.83. The zero-order valence-corrected chi connectivity index (χ0v) is 13.7. The van der Waals surface area contributed by atoms with Crippen molar-refractivity contribution in [1.82, 2.24) is 5.32 Å². The van der Waals surface area contributed by atoms with E-state index in [4.69, 9.17) is 9.84 Å². The minimum absolute atomic E-state index is 0.300. The van der Waals surface area contributed by atoms with Crippen LogP contribution in [0.25, 0.3) is 0 Å². The van der Waals surface area contributed by atoms with Gasteiger partial charge in [-0.3, -0.25) is 0 Å². The van der Waals surface area contributed by atoms with E-state index in [0.717, 1.165) is 11.6 Å². The number of amides is 1. The number of carbonyl (C=O) groups is 2. The van der Waals surface area contributed by atoms with Crippen molar-refractivity contribution in [1.29, 1.82) is 0 Å². The Labute approximate surface area is 136 Å². The Hall–Kier alpha value is -2.56. The topological polar surface area (TPSA) is 75.6 Å². The highest BCUT2D eigenvalue weighted by Crippen LogP contribution is 2.09. The normalized spacial score (nSPS) is 13.2. The van der Waals surface area contributed by atoms with Gasteiger partial charge >= 0.3 is 12.1 Å². The van der Waals surface area contributed by atoms with Gasteiger partial charge in [0.15, 0.2) is 0 Å². The largest absolute Gasteiger partial charge is 0.478 e. The molecule has 0 saturated carbocycles. The number of carboxylic acids is 1. The first-order valence-electron chi connectivity index (χ1n) is 7.37. The smallest absolute Gasteiger partial charge is 0.408 e. The van der Waals surface area contributed by atoms with Crippen LogP contribution in [0.1, 0.15) is 26.3 Å². The van der Waals surface area contributed by atoms with Crippen LogP contribution in [0.2, 0.25) is 0 Å². The monoisotopic (exact) mass is 317 g/mol. The highest BCUT2D eigenvalue weighted by atomic mass is 16.6. The number of carbonyl (C=O) groups excluding carboxylic acids is 1. The van der Waals surface area contributed by atoms with Crippen molar-refractivity contribution in [3.63, 3.8) is 0 Å². The number of allylic oxidation sites excluding steroid dienone is 2. The van der Waals surface area contributed by atoms with E-state index < -0.39 is 17.7 Å². The molecule has 0 saturated heterocycles. The Morgan fingerprint density at radius 2 is 1.87 bits per heavy atom. The number of hydrogen-bond donors (Lipinski definition) is 2. The fraction of sp³-hybridized carbons (Fsp3) is 0.333. The average Bonchev–Trinajstić information content (AvgIpc) is 2.42. The molecule has 1 atom stereocenters. The molecule has 0 radical (unpaired) electrons. The molecule has 0 spiro atoms. The summed E-state index contributed by atoms with van der Waals surface area (Å²) in [4.78, 5) is 22.4.